The van der Waals surface area contributed by atoms with Crippen molar-refractivity contribution in [3.63, 3.8) is 0 Å². The van der Waals surface area contributed by atoms with E-state index in [9.17, 15) is 24.6 Å². The molecule has 2 aliphatic rings. The molecule has 34 heavy (non-hydrogen) atoms. The topological polar surface area (TPSA) is 116 Å². The number of rotatable bonds is 4. The van der Waals surface area contributed by atoms with E-state index in [2.05, 4.69) is 29.6 Å². The maximum atomic E-state index is 13.0. The molecule has 0 spiro atoms. The molecule has 4 rings (SSSR count). The molecule has 0 saturated carbocycles. The van der Waals surface area contributed by atoms with E-state index in [1.165, 1.54) is 29.4 Å². The number of ether oxygens (including phenoxy) is 1. The van der Waals surface area contributed by atoms with Crippen LogP contribution in [0.25, 0.3) is 0 Å². The monoisotopic (exact) mass is 468 g/mol. The normalized spacial score (nSPS) is 17.7. The van der Waals surface area contributed by atoms with Gasteiger partial charge in [0.15, 0.2) is 0 Å². The molecule has 2 amide bonds. The Hall–Kier alpha value is -3.39. The highest BCUT2D eigenvalue weighted by Crippen LogP contribution is 2.26. The second-order valence-electron chi connectivity index (χ2n) is 9.60. The Morgan fingerprint density at radius 2 is 1.53 bits per heavy atom. The van der Waals surface area contributed by atoms with Gasteiger partial charge in [-0.25, -0.2) is 9.59 Å². The van der Waals surface area contributed by atoms with Gasteiger partial charge in [0.1, 0.15) is 17.7 Å². The molecule has 3 N–H and O–H groups in total. The minimum atomic E-state index is -1.31. The van der Waals surface area contributed by atoms with Crippen LogP contribution < -0.4 is 5.32 Å². The van der Waals surface area contributed by atoms with Crippen LogP contribution >= 0.6 is 0 Å². The lowest BCUT2D eigenvalue weighted by molar-refractivity contribution is -0.153. The van der Waals surface area contributed by atoms with Crippen LogP contribution in [-0.4, -0.2) is 56.9 Å². The zero-order chi connectivity index (χ0) is 25.0. The van der Waals surface area contributed by atoms with Crippen molar-refractivity contribution in [2.24, 2.45) is 0 Å². The smallest absolute Gasteiger partial charge is 0.408 e. The summed E-state index contributed by atoms with van der Waals surface area (Å²) in [6.07, 6.45) is -0.675. The first kappa shape index (κ1) is 25.2. The lowest BCUT2D eigenvalue weighted by Crippen LogP contribution is -2.59. The van der Waals surface area contributed by atoms with E-state index in [-0.39, 0.29) is 13.0 Å². The van der Waals surface area contributed by atoms with Crippen molar-refractivity contribution in [3.8, 4) is 0 Å². The van der Waals surface area contributed by atoms with Gasteiger partial charge in [-0.15, -0.1) is 0 Å². The molecule has 0 bridgehead atoms. The summed E-state index contributed by atoms with van der Waals surface area (Å²) in [5, 5.41) is 21.9. The molecule has 0 radical (unpaired) electrons. The van der Waals surface area contributed by atoms with Gasteiger partial charge in [-0.2, -0.15) is 0 Å². The Kier molecular flexibility index (Phi) is 7.61. The van der Waals surface area contributed by atoms with Crippen molar-refractivity contribution in [3.05, 3.63) is 70.8 Å². The van der Waals surface area contributed by atoms with Crippen LogP contribution in [-0.2, 0) is 33.7 Å². The standard InChI is InChI=1S/C19H26N2O6.C7H6/c1-11(22)15(20-18(26)27-19(2,3)4)16(23)21-10-13-8-6-5-7-12(13)9-14(21)17(24)25;1-2-4-7-5-6(7)3-1/h5-8,11,14-15,22H,9-10H2,1-4H3,(H,20,26)(H,24,25);1-4H,5H2/t11?,14-,15?;/m1./s1. The van der Waals surface area contributed by atoms with E-state index in [0.29, 0.717) is 0 Å². The fourth-order valence-electron chi connectivity index (χ4n) is 3.81. The van der Waals surface area contributed by atoms with E-state index >= 15 is 0 Å². The van der Waals surface area contributed by atoms with E-state index in [1.54, 1.807) is 20.8 Å². The largest absolute Gasteiger partial charge is 0.480 e. The second-order valence-corrected chi connectivity index (χ2v) is 9.60. The van der Waals surface area contributed by atoms with Crippen LogP contribution in [0.2, 0.25) is 0 Å². The molecule has 2 unspecified atom stereocenters. The van der Waals surface area contributed by atoms with Crippen molar-refractivity contribution < 1.29 is 29.3 Å². The molecule has 2 aromatic rings. The Labute approximate surface area is 199 Å². The number of carbonyl (C=O) groups excluding carboxylic acids is 2. The number of alkyl carbamates (subject to hydrolysis) is 1. The third-order valence-electron chi connectivity index (χ3n) is 5.61. The summed E-state index contributed by atoms with van der Waals surface area (Å²) in [7, 11) is 0. The first-order chi connectivity index (χ1) is 16.0. The third kappa shape index (κ3) is 6.57. The minimum absolute atomic E-state index is 0.0885. The van der Waals surface area contributed by atoms with Crippen LogP contribution in [0.4, 0.5) is 4.79 Å². The van der Waals surface area contributed by atoms with Crippen molar-refractivity contribution in [1.82, 2.24) is 10.2 Å². The number of aliphatic hydroxyl groups excluding tert-OH is 1. The first-order valence-corrected chi connectivity index (χ1v) is 11.3. The highest BCUT2D eigenvalue weighted by atomic mass is 16.6. The predicted octanol–water partition coefficient (Wildman–Crippen LogP) is 2.89. The summed E-state index contributed by atoms with van der Waals surface area (Å²) in [5.41, 5.74) is 3.99. The Morgan fingerprint density at radius 3 is 2.00 bits per heavy atom. The second kappa shape index (κ2) is 10.3. The van der Waals surface area contributed by atoms with Crippen molar-refractivity contribution in [2.75, 3.05) is 0 Å². The van der Waals surface area contributed by atoms with Gasteiger partial charge >= 0.3 is 12.1 Å². The predicted molar refractivity (Wildman–Crippen MR) is 126 cm³/mol. The number of carboxylic acids is 1. The molecule has 1 heterocycles. The molecule has 0 saturated heterocycles. The minimum Gasteiger partial charge on any atom is -0.480 e. The van der Waals surface area contributed by atoms with Crippen LogP contribution in [0, 0.1) is 0 Å². The van der Waals surface area contributed by atoms with Gasteiger partial charge in [0.25, 0.3) is 0 Å². The molecule has 2 aromatic carbocycles. The summed E-state index contributed by atoms with van der Waals surface area (Å²) in [6.45, 7) is 6.47. The number of carbonyl (C=O) groups is 3. The van der Waals surface area contributed by atoms with Gasteiger partial charge in [-0.3, -0.25) is 4.79 Å². The quantitative estimate of drug-likeness (QED) is 0.542. The summed E-state index contributed by atoms with van der Waals surface area (Å²) < 4.78 is 5.14. The number of aliphatic carboxylic acids is 1. The number of nitrogens with zero attached hydrogens (tertiary/aromatic N) is 1. The van der Waals surface area contributed by atoms with E-state index in [0.717, 1.165) is 11.1 Å². The average molecular weight is 469 g/mol. The molecule has 3 atom stereocenters. The third-order valence-corrected chi connectivity index (χ3v) is 5.61. The van der Waals surface area contributed by atoms with E-state index in [4.69, 9.17) is 4.74 Å². The summed E-state index contributed by atoms with van der Waals surface area (Å²) in [6, 6.07) is 13.4. The lowest BCUT2D eigenvalue weighted by Gasteiger charge is -2.37. The Balaban J connectivity index is 0.000000387. The fourth-order valence-corrected chi connectivity index (χ4v) is 3.81. The molecular formula is C26H32N2O6. The highest BCUT2D eigenvalue weighted by molar-refractivity contribution is 5.90. The maximum Gasteiger partial charge on any atom is 0.408 e. The number of benzene rings is 2. The van der Waals surface area contributed by atoms with Gasteiger partial charge in [-0.1, -0.05) is 48.5 Å². The summed E-state index contributed by atoms with van der Waals surface area (Å²) >= 11 is 0. The van der Waals surface area contributed by atoms with Gasteiger partial charge in [0.05, 0.1) is 6.10 Å². The van der Waals surface area contributed by atoms with Crippen LogP contribution in [0.3, 0.4) is 0 Å². The molecule has 8 nitrogen and oxygen atoms in total. The van der Waals surface area contributed by atoms with Crippen molar-refractivity contribution >= 4 is 18.0 Å². The number of hydrogen-bond donors (Lipinski definition) is 3. The summed E-state index contributed by atoms with van der Waals surface area (Å²) in [5.74, 6) is -1.81. The number of carboxylic acid groups (broad SMARTS) is 1. The molecule has 0 fully saturated rings. The van der Waals surface area contributed by atoms with Crippen LogP contribution in [0.1, 0.15) is 49.9 Å². The maximum absolute atomic E-state index is 13.0. The van der Waals surface area contributed by atoms with E-state index < -0.39 is 41.8 Å². The highest BCUT2D eigenvalue weighted by Gasteiger charge is 2.39. The first-order valence-electron chi connectivity index (χ1n) is 11.3. The Bertz CT molecular complexity index is 1040. The van der Waals surface area contributed by atoms with Crippen LogP contribution in [0.5, 0.6) is 0 Å². The van der Waals surface area contributed by atoms with E-state index in [1.807, 2.05) is 24.3 Å². The molecular weight excluding hydrogens is 436 g/mol. The van der Waals surface area contributed by atoms with Gasteiger partial charge in [0, 0.05) is 13.0 Å². The molecule has 182 valence electrons. The number of hydrogen-bond acceptors (Lipinski definition) is 5. The van der Waals surface area contributed by atoms with Gasteiger partial charge < -0.3 is 25.2 Å². The fraction of sp³-hybridized carbons (Fsp3) is 0.423. The Morgan fingerprint density at radius 1 is 1.00 bits per heavy atom. The van der Waals surface area contributed by atoms with Crippen molar-refractivity contribution in [1.29, 1.82) is 0 Å². The average Bonchev–Trinajstić information content (AvgIpc) is 3.55. The van der Waals surface area contributed by atoms with Crippen molar-refractivity contribution in [2.45, 2.75) is 70.9 Å². The molecule has 1 aliphatic carbocycles. The van der Waals surface area contributed by atoms with Crippen LogP contribution in [0.15, 0.2) is 48.5 Å². The number of aliphatic hydroxyl groups is 1. The number of fused-ring (bicyclic) bond motifs is 2. The molecule has 0 aromatic heterocycles. The van der Waals surface area contributed by atoms with Gasteiger partial charge in [-0.05, 0) is 56.4 Å². The summed E-state index contributed by atoms with van der Waals surface area (Å²) in [4.78, 5) is 37.9. The SMILES string of the molecule is CC(O)C(NC(=O)OC(C)(C)C)C(=O)N1Cc2ccccc2C[C@@H]1C(=O)O.c1ccc2c(c1)C2. The number of amides is 2. The number of nitrogens with one attached hydrogen (secondary N) is 1. The zero-order valence-electron chi connectivity index (χ0n) is 19.9. The van der Waals surface area contributed by atoms with Gasteiger partial charge in [0.2, 0.25) is 5.91 Å². The lowest BCUT2D eigenvalue weighted by atomic mass is 9.93. The zero-order valence-corrected chi connectivity index (χ0v) is 19.9. The molecule has 1 aliphatic heterocycles. The molecule has 8 heteroatoms.